The van der Waals surface area contributed by atoms with Gasteiger partial charge >= 0.3 is 0 Å². The van der Waals surface area contributed by atoms with Gasteiger partial charge in [0.1, 0.15) is 0 Å². The van der Waals surface area contributed by atoms with Crippen molar-refractivity contribution in [3.63, 3.8) is 0 Å². The van der Waals surface area contributed by atoms with E-state index in [1.807, 2.05) is 0 Å². The fourth-order valence-corrected chi connectivity index (χ4v) is 2.20. The Morgan fingerprint density at radius 1 is 1.06 bits per heavy atom. The Morgan fingerprint density at radius 3 is 2.35 bits per heavy atom. The van der Waals surface area contributed by atoms with E-state index in [1.54, 1.807) is 7.11 Å². The molecule has 0 aliphatic rings. The maximum Gasteiger partial charge on any atom is 0.0713 e. The van der Waals surface area contributed by atoms with Crippen molar-refractivity contribution in [2.45, 2.75) is 13.5 Å². The molecule has 0 aliphatic carbocycles. The van der Waals surface area contributed by atoms with Crippen LogP contribution in [0.3, 0.4) is 0 Å². The van der Waals surface area contributed by atoms with Gasteiger partial charge in [0, 0.05) is 11.6 Å². The predicted octanol–water partition coefficient (Wildman–Crippen LogP) is 4.57. The SMILES string of the molecule is COCc1ccc(-c2ccc(Br)cc2)c(C)c1. The van der Waals surface area contributed by atoms with Crippen LogP contribution in [0.15, 0.2) is 46.9 Å². The van der Waals surface area contributed by atoms with Crippen LogP contribution in [0.1, 0.15) is 11.1 Å². The summed E-state index contributed by atoms with van der Waals surface area (Å²) in [5.41, 5.74) is 5.01. The van der Waals surface area contributed by atoms with Gasteiger partial charge in [-0.25, -0.2) is 0 Å². The van der Waals surface area contributed by atoms with Gasteiger partial charge in [0.15, 0.2) is 0 Å². The summed E-state index contributed by atoms with van der Waals surface area (Å²) in [5.74, 6) is 0. The van der Waals surface area contributed by atoms with Gasteiger partial charge in [-0.05, 0) is 41.3 Å². The lowest BCUT2D eigenvalue weighted by Crippen LogP contribution is -1.90. The van der Waals surface area contributed by atoms with Crippen LogP contribution in [0.25, 0.3) is 11.1 Å². The Morgan fingerprint density at radius 2 is 1.76 bits per heavy atom. The fraction of sp³-hybridized carbons (Fsp3) is 0.200. The molecule has 0 heterocycles. The molecule has 2 aromatic carbocycles. The van der Waals surface area contributed by atoms with Crippen molar-refractivity contribution in [1.82, 2.24) is 0 Å². The lowest BCUT2D eigenvalue weighted by atomic mass is 9.99. The van der Waals surface area contributed by atoms with Crippen LogP contribution in [0.2, 0.25) is 0 Å². The van der Waals surface area contributed by atoms with E-state index in [9.17, 15) is 0 Å². The quantitative estimate of drug-likeness (QED) is 0.805. The second kappa shape index (κ2) is 5.48. The van der Waals surface area contributed by atoms with Gasteiger partial charge < -0.3 is 4.74 Å². The minimum atomic E-state index is 0.668. The van der Waals surface area contributed by atoms with Gasteiger partial charge in [-0.2, -0.15) is 0 Å². The first-order valence-electron chi connectivity index (χ1n) is 5.55. The number of aryl methyl sites for hydroxylation is 1. The molecule has 2 aromatic rings. The molecule has 0 N–H and O–H groups in total. The molecule has 0 saturated heterocycles. The first-order valence-corrected chi connectivity index (χ1v) is 6.34. The molecule has 0 spiro atoms. The van der Waals surface area contributed by atoms with E-state index >= 15 is 0 Å². The first-order chi connectivity index (χ1) is 8.20. The van der Waals surface area contributed by atoms with Gasteiger partial charge in [0.25, 0.3) is 0 Å². The number of methoxy groups -OCH3 is 1. The molecule has 0 aliphatic heterocycles. The van der Waals surface area contributed by atoms with Crippen molar-refractivity contribution in [3.8, 4) is 11.1 Å². The van der Waals surface area contributed by atoms with E-state index in [0.29, 0.717) is 6.61 Å². The lowest BCUT2D eigenvalue weighted by Gasteiger charge is -2.08. The number of benzene rings is 2. The molecule has 0 amide bonds. The lowest BCUT2D eigenvalue weighted by molar-refractivity contribution is 0.185. The average molecular weight is 291 g/mol. The van der Waals surface area contributed by atoms with Gasteiger partial charge in [-0.15, -0.1) is 0 Å². The van der Waals surface area contributed by atoms with Crippen LogP contribution in [-0.2, 0) is 11.3 Å². The molecule has 88 valence electrons. The Hall–Kier alpha value is -1.12. The largest absolute Gasteiger partial charge is 0.380 e. The van der Waals surface area contributed by atoms with E-state index in [1.165, 1.54) is 22.3 Å². The number of halogens is 1. The van der Waals surface area contributed by atoms with Crippen molar-refractivity contribution < 1.29 is 4.74 Å². The van der Waals surface area contributed by atoms with E-state index in [-0.39, 0.29) is 0 Å². The second-order valence-corrected chi connectivity index (χ2v) is 5.00. The molecule has 2 heteroatoms. The summed E-state index contributed by atoms with van der Waals surface area (Å²) in [7, 11) is 1.72. The van der Waals surface area contributed by atoms with Crippen molar-refractivity contribution in [3.05, 3.63) is 58.1 Å². The second-order valence-electron chi connectivity index (χ2n) is 4.09. The smallest absolute Gasteiger partial charge is 0.0713 e. The third-order valence-electron chi connectivity index (χ3n) is 2.76. The third-order valence-corrected chi connectivity index (χ3v) is 3.29. The average Bonchev–Trinajstić information content (AvgIpc) is 2.31. The maximum atomic E-state index is 5.14. The van der Waals surface area contributed by atoms with Crippen LogP contribution >= 0.6 is 15.9 Å². The molecule has 0 fully saturated rings. The van der Waals surface area contributed by atoms with Gasteiger partial charge in [-0.1, -0.05) is 46.3 Å². The molecule has 2 rings (SSSR count). The number of hydrogen-bond acceptors (Lipinski definition) is 1. The van der Waals surface area contributed by atoms with E-state index in [4.69, 9.17) is 4.74 Å². The summed E-state index contributed by atoms with van der Waals surface area (Å²) in [6.45, 7) is 2.80. The third kappa shape index (κ3) is 2.96. The van der Waals surface area contributed by atoms with Crippen LogP contribution in [0.4, 0.5) is 0 Å². The zero-order valence-corrected chi connectivity index (χ0v) is 11.6. The zero-order chi connectivity index (χ0) is 12.3. The maximum absolute atomic E-state index is 5.14. The van der Waals surface area contributed by atoms with Gasteiger partial charge in [-0.3, -0.25) is 0 Å². The summed E-state index contributed by atoms with van der Waals surface area (Å²) in [4.78, 5) is 0. The molecule has 0 atom stereocenters. The minimum absolute atomic E-state index is 0.668. The highest BCUT2D eigenvalue weighted by Gasteiger charge is 2.03. The van der Waals surface area contributed by atoms with Crippen molar-refractivity contribution >= 4 is 15.9 Å². The van der Waals surface area contributed by atoms with Crippen molar-refractivity contribution in [2.75, 3.05) is 7.11 Å². The number of ether oxygens (including phenoxy) is 1. The standard InChI is InChI=1S/C15H15BrO/c1-11-9-12(10-17-2)3-8-15(11)13-4-6-14(16)7-5-13/h3-9H,10H2,1-2H3. The molecule has 0 bridgehead atoms. The monoisotopic (exact) mass is 290 g/mol. The van der Waals surface area contributed by atoms with E-state index in [2.05, 4.69) is 65.3 Å². The zero-order valence-electron chi connectivity index (χ0n) is 10.0. The van der Waals surface area contributed by atoms with Gasteiger partial charge in [0.2, 0.25) is 0 Å². The Balaban J connectivity index is 2.36. The number of hydrogen-bond donors (Lipinski definition) is 0. The van der Waals surface area contributed by atoms with E-state index < -0.39 is 0 Å². The van der Waals surface area contributed by atoms with Crippen molar-refractivity contribution in [2.24, 2.45) is 0 Å². The summed E-state index contributed by atoms with van der Waals surface area (Å²) in [6, 6.07) is 14.8. The molecule has 0 saturated carbocycles. The van der Waals surface area contributed by atoms with Crippen LogP contribution in [0.5, 0.6) is 0 Å². The highest BCUT2D eigenvalue weighted by molar-refractivity contribution is 9.10. The molecular formula is C15H15BrO. The van der Waals surface area contributed by atoms with Crippen LogP contribution in [-0.4, -0.2) is 7.11 Å². The van der Waals surface area contributed by atoms with Gasteiger partial charge in [0.05, 0.1) is 6.61 Å². The molecular weight excluding hydrogens is 276 g/mol. The van der Waals surface area contributed by atoms with Crippen molar-refractivity contribution in [1.29, 1.82) is 0 Å². The number of rotatable bonds is 3. The topological polar surface area (TPSA) is 9.23 Å². The summed E-state index contributed by atoms with van der Waals surface area (Å²) in [6.07, 6.45) is 0. The molecule has 0 unspecified atom stereocenters. The highest BCUT2D eigenvalue weighted by atomic mass is 79.9. The summed E-state index contributed by atoms with van der Waals surface area (Å²) >= 11 is 3.45. The minimum Gasteiger partial charge on any atom is -0.380 e. The Bertz CT molecular complexity index is 503. The molecule has 1 nitrogen and oxygen atoms in total. The first kappa shape index (κ1) is 12.3. The predicted molar refractivity (Wildman–Crippen MR) is 75.0 cm³/mol. The Labute approximate surface area is 111 Å². The van der Waals surface area contributed by atoms with Crippen LogP contribution < -0.4 is 0 Å². The highest BCUT2D eigenvalue weighted by Crippen LogP contribution is 2.25. The Kier molecular flexibility index (Phi) is 3.97. The summed E-state index contributed by atoms with van der Waals surface area (Å²) in [5, 5.41) is 0. The normalized spacial score (nSPS) is 10.5. The molecule has 0 radical (unpaired) electrons. The summed E-state index contributed by atoms with van der Waals surface area (Å²) < 4.78 is 6.24. The van der Waals surface area contributed by atoms with Crippen LogP contribution in [0, 0.1) is 6.92 Å². The molecule has 0 aromatic heterocycles. The fourth-order valence-electron chi connectivity index (χ4n) is 1.94. The molecule has 17 heavy (non-hydrogen) atoms. The van der Waals surface area contributed by atoms with E-state index in [0.717, 1.165) is 4.47 Å².